The summed E-state index contributed by atoms with van der Waals surface area (Å²) in [6.45, 7) is 0. The molecular formula is C30H20O12. The Hall–Kier alpha value is -6.04. The highest BCUT2D eigenvalue weighted by Crippen LogP contribution is 2.55. The summed E-state index contributed by atoms with van der Waals surface area (Å²) in [5.41, 5.74) is -1.81. The van der Waals surface area contributed by atoms with Crippen LogP contribution in [0.4, 0.5) is 0 Å². The maximum absolute atomic E-state index is 13.2. The molecule has 12 heteroatoms. The minimum absolute atomic E-state index is 0.0872. The van der Waals surface area contributed by atoms with E-state index < -0.39 is 63.3 Å². The summed E-state index contributed by atoms with van der Waals surface area (Å²) in [5, 5.41) is 82.6. The van der Waals surface area contributed by atoms with Crippen molar-refractivity contribution in [1.82, 2.24) is 0 Å². The molecular weight excluding hydrogens is 552 g/mol. The predicted molar refractivity (Wildman–Crippen MR) is 145 cm³/mol. The molecule has 0 saturated heterocycles. The van der Waals surface area contributed by atoms with Crippen molar-refractivity contribution in [3.8, 4) is 74.2 Å². The van der Waals surface area contributed by atoms with Gasteiger partial charge in [0.1, 0.15) is 57.1 Å². The molecule has 8 N–H and O–H groups in total. The highest BCUT2D eigenvalue weighted by Gasteiger charge is 2.36. The summed E-state index contributed by atoms with van der Waals surface area (Å²) >= 11 is 0. The molecule has 0 unspecified atom stereocenters. The number of phenols is 8. The molecule has 0 spiro atoms. The van der Waals surface area contributed by atoms with Crippen LogP contribution in [0.2, 0.25) is 0 Å². The minimum atomic E-state index is -1.08. The summed E-state index contributed by atoms with van der Waals surface area (Å²) in [5.74, 6) is -5.87. The number of carbonyl (C=O) groups excluding carboxylic acids is 1. The lowest BCUT2D eigenvalue weighted by Gasteiger charge is -2.29. The standard InChI is InChI=1S/C30H20O12/c31-12-6-17(35)26-20(38)10-23(41-24(26)7-12)13-2-4-15(33)29(40)25(13)28-19(37)8-18(36)27-21(39)9-22(42-30(27)28)11-1-3-14(32)16(34)5-11/h1-8,10,22,31-37,40H,9H2/t22-/m1/s1. The third-order valence-corrected chi connectivity index (χ3v) is 6.99. The molecule has 6 rings (SSSR count). The quantitative estimate of drug-likeness (QED) is 0.140. The third-order valence-electron chi connectivity index (χ3n) is 6.99. The molecule has 212 valence electrons. The van der Waals surface area contributed by atoms with Crippen molar-refractivity contribution in [2.45, 2.75) is 12.5 Å². The van der Waals surface area contributed by atoms with Crippen molar-refractivity contribution in [3.63, 3.8) is 0 Å². The molecule has 12 nitrogen and oxygen atoms in total. The summed E-state index contributed by atoms with van der Waals surface area (Å²) in [6, 6.07) is 9.94. The van der Waals surface area contributed by atoms with Crippen molar-refractivity contribution >= 4 is 16.8 Å². The highest BCUT2D eigenvalue weighted by atomic mass is 16.5. The summed E-state index contributed by atoms with van der Waals surface area (Å²) < 4.78 is 11.8. The van der Waals surface area contributed by atoms with Crippen molar-refractivity contribution in [1.29, 1.82) is 0 Å². The SMILES string of the molecule is O=C1C[C@H](c2ccc(O)c(O)c2)Oc2c1c(O)cc(O)c2-c1c(-c2cc(=O)c3c(O)cc(O)cc3o2)ccc(O)c1O. The van der Waals surface area contributed by atoms with E-state index in [9.17, 15) is 50.4 Å². The van der Waals surface area contributed by atoms with E-state index in [4.69, 9.17) is 9.15 Å². The first kappa shape index (κ1) is 26.2. The van der Waals surface area contributed by atoms with Gasteiger partial charge in [-0.05, 0) is 29.8 Å². The fourth-order valence-corrected chi connectivity index (χ4v) is 5.07. The molecule has 1 atom stereocenters. The summed E-state index contributed by atoms with van der Waals surface area (Å²) in [7, 11) is 0. The Morgan fingerprint density at radius 3 is 2.10 bits per heavy atom. The van der Waals surface area contributed by atoms with Crippen LogP contribution in [0.15, 0.2) is 63.8 Å². The molecule has 0 aliphatic carbocycles. The monoisotopic (exact) mass is 572 g/mol. The van der Waals surface area contributed by atoms with Crippen LogP contribution in [0.3, 0.4) is 0 Å². The van der Waals surface area contributed by atoms with Gasteiger partial charge in [-0.25, -0.2) is 0 Å². The molecule has 0 bridgehead atoms. The van der Waals surface area contributed by atoms with Gasteiger partial charge in [0.25, 0.3) is 0 Å². The summed E-state index contributed by atoms with van der Waals surface area (Å²) in [6.07, 6.45) is -1.38. The molecule has 1 aliphatic rings. The number of benzene rings is 4. The fraction of sp³-hybridized carbons (Fsp3) is 0.0667. The van der Waals surface area contributed by atoms with Gasteiger partial charge in [0, 0.05) is 35.4 Å². The van der Waals surface area contributed by atoms with Crippen molar-refractivity contribution in [3.05, 3.63) is 75.9 Å². The van der Waals surface area contributed by atoms with E-state index in [2.05, 4.69) is 0 Å². The molecule has 0 fully saturated rings. The number of ketones is 1. The minimum Gasteiger partial charge on any atom is -0.508 e. The molecule has 4 aromatic carbocycles. The number of aromatic hydroxyl groups is 8. The van der Waals surface area contributed by atoms with E-state index in [0.717, 1.165) is 30.3 Å². The van der Waals surface area contributed by atoms with Crippen LogP contribution in [0, 0.1) is 0 Å². The average molecular weight is 572 g/mol. The average Bonchev–Trinajstić information content (AvgIpc) is 2.91. The van der Waals surface area contributed by atoms with Gasteiger partial charge in [0.15, 0.2) is 34.2 Å². The Kier molecular flexibility index (Phi) is 5.78. The van der Waals surface area contributed by atoms with Crippen LogP contribution in [-0.4, -0.2) is 46.6 Å². The molecule has 42 heavy (non-hydrogen) atoms. The zero-order chi connectivity index (χ0) is 30.0. The van der Waals surface area contributed by atoms with Gasteiger partial charge in [0.2, 0.25) is 0 Å². The second kappa shape index (κ2) is 9.27. The van der Waals surface area contributed by atoms with Crippen LogP contribution in [0.5, 0.6) is 51.7 Å². The first-order chi connectivity index (χ1) is 19.9. The largest absolute Gasteiger partial charge is 0.508 e. The fourth-order valence-electron chi connectivity index (χ4n) is 5.07. The molecule has 5 aromatic rings. The Bertz CT molecular complexity index is 2020. The number of rotatable bonds is 3. The van der Waals surface area contributed by atoms with Crippen molar-refractivity contribution in [2.24, 2.45) is 0 Å². The molecule has 2 heterocycles. The molecule has 0 amide bonds. The zero-order valence-corrected chi connectivity index (χ0v) is 21.2. The van der Waals surface area contributed by atoms with Crippen LogP contribution >= 0.6 is 0 Å². The molecule has 1 aliphatic heterocycles. The normalized spacial score (nSPS) is 14.5. The van der Waals surface area contributed by atoms with E-state index in [1.165, 1.54) is 24.3 Å². The second-order valence-corrected chi connectivity index (χ2v) is 9.64. The number of hydrogen-bond donors (Lipinski definition) is 8. The number of Topliss-reactive ketones (excluding diaryl/α,β-unsaturated/α-hetero) is 1. The van der Waals surface area contributed by atoms with Gasteiger partial charge >= 0.3 is 0 Å². The highest BCUT2D eigenvalue weighted by molar-refractivity contribution is 6.07. The second-order valence-electron chi connectivity index (χ2n) is 9.64. The van der Waals surface area contributed by atoms with E-state index >= 15 is 0 Å². The van der Waals surface area contributed by atoms with Crippen LogP contribution in [0.25, 0.3) is 33.4 Å². The predicted octanol–water partition coefficient (Wildman–Crippen LogP) is 4.48. The van der Waals surface area contributed by atoms with Crippen LogP contribution < -0.4 is 10.2 Å². The van der Waals surface area contributed by atoms with Gasteiger partial charge in [-0.1, -0.05) is 6.07 Å². The number of ether oxygens (including phenoxy) is 1. The number of fused-ring (bicyclic) bond motifs is 2. The van der Waals surface area contributed by atoms with Crippen LogP contribution in [-0.2, 0) is 0 Å². The molecule has 0 radical (unpaired) electrons. The Morgan fingerprint density at radius 2 is 1.36 bits per heavy atom. The van der Waals surface area contributed by atoms with E-state index in [-0.39, 0.29) is 56.7 Å². The lowest BCUT2D eigenvalue weighted by atomic mass is 9.88. The van der Waals surface area contributed by atoms with Crippen LogP contribution in [0.1, 0.15) is 28.4 Å². The van der Waals surface area contributed by atoms with Crippen molar-refractivity contribution in [2.75, 3.05) is 0 Å². The number of hydrogen-bond acceptors (Lipinski definition) is 12. The first-order valence-electron chi connectivity index (χ1n) is 12.3. The van der Waals surface area contributed by atoms with Gasteiger partial charge in [-0.15, -0.1) is 0 Å². The summed E-state index contributed by atoms with van der Waals surface area (Å²) in [4.78, 5) is 26.2. The lowest BCUT2D eigenvalue weighted by Crippen LogP contribution is -2.21. The third kappa shape index (κ3) is 4.01. The van der Waals surface area contributed by atoms with Gasteiger partial charge < -0.3 is 50.0 Å². The number of phenolic OH excluding ortho intramolecular Hbond substituents is 8. The molecule has 0 saturated carbocycles. The van der Waals surface area contributed by atoms with E-state index in [1.807, 2.05) is 0 Å². The van der Waals surface area contributed by atoms with Gasteiger partial charge in [0.05, 0.1) is 12.0 Å². The Balaban J connectivity index is 1.63. The smallest absolute Gasteiger partial charge is 0.197 e. The lowest BCUT2D eigenvalue weighted by molar-refractivity contribution is 0.0845. The Labute approximate surface area is 234 Å². The topological polar surface area (TPSA) is 218 Å². The maximum Gasteiger partial charge on any atom is 0.197 e. The Morgan fingerprint density at radius 1 is 0.643 bits per heavy atom. The molecule has 1 aromatic heterocycles. The van der Waals surface area contributed by atoms with Crippen molar-refractivity contribution < 1.29 is 54.8 Å². The van der Waals surface area contributed by atoms with E-state index in [0.29, 0.717) is 0 Å². The maximum atomic E-state index is 13.2. The van der Waals surface area contributed by atoms with E-state index in [1.54, 1.807) is 0 Å². The zero-order valence-electron chi connectivity index (χ0n) is 21.2. The van der Waals surface area contributed by atoms with Gasteiger partial charge in [-0.2, -0.15) is 0 Å². The van der Waals surface area contributed by atoms with Gasteiger partial charge in [-0.3, -0.25) is 9.59 Å². The number of carbonyl (C=O) groups is 1. The first-order valence-corrected chi connectivity index (χ1v) is 12.3.